The van der Waals surface area contributed by atoms with E-state index in [9.17, 15) is 0 Å². The van der Waals surface area contributed by atoms with E-state index in [1.807, 2.05) is 0 Å². The van der Waals surface area contributed by atoms with E-state index in [0.29, 0.717) is 12.0 Å². The van der Waals surface area contributed by atoms with Crippen LogP contribution in [0.2, 0.25) is 0 Å². The van der Waals surface area contributed by atoms with Gasteiger partial charge in [0.25, 0.3) is 0 Å². The van der Waals surface area contributed by atoms with Crippen molar-refractivity contribution in [3.8, 4) is 0 Å². The number of hydrogen-bond donors (Lipinski definition) is 1. The molecule has 0 saturated carbocycles. The fourth-order valence-electron chi connectivity index (χ4n) is 3.47. The molecular formula is C15H32N2O. The highest BCUT2D eigenvalue weighted by Gasteiger charge is 2.37. The number of rotatable bonds is 7. The third-order valence-electron chi connectivity index (χ3n) is 4.59. The number of nitrogens with zero attached hydrogens (tertiary/aromatic N) is 1. The molecule has 1 N–H and O–H groups in total. The quantitative estimate of drug-likeness (QED) is 0.757. The maximum Gasteiger partial charge on any atom is 0.0465 e. The van der Waals surface area contributed by atoms with Crippen LogP contribution >= 0.6 is 0 Å². The summed E-state index contributed by atoms with van der Waals surface area (Å²) >= 11 is 0. The molecule has 2 atom stereocenters. The molecule has 0 spiro atoms. The topological polar surface area (TPSA) is 24.5 Å². The molecule has 0 amide bonds. The molecule has 1 fully saturated rings. The van der Waals surface area contributed by atoms with Gasteiger partial charge in [0.05, 0.1) is 0 Å². The summed E-state index contributed by atoms with van der Waals surface area (Å²) in [6.07, 6.45) is 5.23. The van der Waals surface area contributed by atoms with Crippen LogP contribution < -0.4 is 5.32 Å². The minimum atomic E-state index is 0.225. The van der Waals surface area contributed by atoms with E-state index in [4.69, 9.17) is 4.74 Å². The molecule has 0 aliphatic carbocycles. The Hall–Kier alpha value is -0.120. The van der Waals surface area contributed by atoms with Gasteiger partial charge in [0.1, 0.15) is 0 Å². The number of hydrogen-bond acceptors (Lipinski definition) is 3. The van der Waals surface area contributed by atoms with E-state index in [0.717, 1.165) is 13.0 Å². The SMILES string of the molecule is CNC(C(C)CCOC)C(C)(C)N1CCCCC1. The number of likely N-dealkylation sites (tertiary alicyclic amines) is 1. The van der Waals surface area contributed by atoms with Crippen LogP contribution in [0.4, 0.5) is 0 Å². The highest BCUT2D eigenvalue weighted by molar-refractivity contribution is 4.96. The number of methoxy groups -OCH3 is 1. The Balaban J connectivity index is 2.64. The molecule has 2 unspecified atom stereocenters. The normalized spacial score (nSPS) is 21.8. The highest BCUT2D eigenvalue weighted by atomic mass is 16.5. The lowest BCUT2D eigenvalue weighted by molar-refractivity contribution is 0.0391. The van der Waals surface area contributed by atoms with Gasteiger partial charge in [-0.05, 0) is 59.2 Å². The van der Waals surface area contributed by atoms with Crippen LogP contribution in [0.25, 0.3) is 0 Å². The van der Waals surface area contributed by atoms with Crippen LogP contribution in [0.3, 0.4) is 0 Å². The van der Waals surface area contributed by atoms with Crippen molar-refractivity contribution < 1.29 is 4.74 Å². The lowest BCUT2D eigenvalue weighted by atomic mass is 9.81. The van der Waals surface area contributed by atoms with Crippen molar-refractivity contribution in [1.82, 2.24) is 10.2 Å². The average Bonchev–Trinajstić information content (AvgIpc) is 2.38. The third kappa shape index (κ3) is 3.94. The smallest absolute Gasteiger partial charge is 0.0465 e. The van der Waals surface area contributed by atoms with Crippen molar-refractivity contribution in [3.63, 3.8) is 0 Å². The summed E-state index contributed by atoms with van der Waals surface area (Å²) < 4.78 is 5.22. The van der Waals surface area contributed by atoms with Crippen molar-refractivity contribution in [2.45, 2.75) is 58.0 Å². The van der Waals surface area contributed by atoms with E-state index < -0.39 is 0 Å². The van der Waals surface area contributed by atoms with Gasteiger partial charge in [-0.25, -0.2) is 0 Å². The van der Waals surface area contributed by atoms with Crippen molar-refractivity contribution in [1.29, 1.82) is 0 Å². The van der Waals surface area contributed by atoms with E-state index in [-0.39, 0.29) is 5.54 Å². The van der Waals surface area contributed by atoms with E-state index >= 15 is 0 Å². The molecule has 1 aliphatic heterocycles. The van der Waals surface area contributed by atoms with Gasteiger partial charge in [0.2, 0.25) is 0 Å². The van der Waals surface area contributed by atoms with Crippen molar-refractivity contribution in [2.24, 2.45) is 5.92 Å². The number of piperidine rings is 1. The first-order chi connectivity index (χ1) is 8.54. The first-order valence-electron chi connectivity index (χ1n) is 7.45. The molecule has 0 aromatic carbocycles. The minimum Gasteiger partial charge on any atom is -0.385 e. The first kappa shape index (κ1) is 15.9. The summed E-state index contributed by atoms with van der Waals surface area (Å²) in [5, 5.41) is 3.55. The van der Waals surface area contributed by atoms with Gasteiger partial charge >= 0.3 is 0 Å². The summed E-state index contributed by atoms with van der Waals surface area (Å²) in [4.78, 5) is 2.67. The van der Waals surface area contributed by atoms with Gasteiger partial charge in [-0.3, -0.25) is 4.90 Å². The molecule has 1 aliphatic rings. The monoisotopic (exact) mass is 256 g/mol. The van der Waals surface area contributed by atoms with Crippen molar-refractivity contribution >= 4 is 0 Å². The zero-order valence-electron chi connectivity index (χ0n) is 13.0. The minimum absolute atomic E-state index is 0.225. The number of nitrogens with one attached hydrogen (secondary N) is 1. The standard InChI is InChI=1S/C15H32N2O/c1-13(9-12-18-5)14(16-4)15(2,3)17-10-7-6-8-11-17/h13-14,16H,6-12H2,1-5H3. The summed E-state index contributed by atoms with van der Waals surface area (Å²) in [5.74, 6) is 0.631. The van der Waals surface area contributed by atoms with Crippen LogP contribution in [0.1, 0.15) is 46.5 Å². The Morgan fingerprint density at radius 1 is 1.22 bits per heavy atom. The highest BCUT2D eigenvalue weighted by Crippen LogP contribution is 2.28. The lowest BCUT2D eigenvalue weighted by Crippen LogP contribution is -2.60. The molecule has 3 heteroatoms. The maximum atomic E-state index is 5.22. The largest absolute Gasteiger partial charge is 0.385 e. The van der Waals surface area contributed by atoms with Gasteiger partial charge in [-0.1, -0.05) is 13.3 Å². The van der Waals surface area contributed by atoms with Crippen LogP contribution in [-0.4, -0.2) is 50.3 Å². The lowest BCUT2D eigenvalue weighted by Gasteiger charge is -2.48. The van der Waals surface area contributed by atoms with Gasteiger partial charge in [-0.2, -0.15) is 0 Å². The molecule has 1 saturated heterocycles. The van der Waals surface area contributed by atoms with E-state index in [1.165, 1.54) is 32.4 Å². The molecular weight excluding hydrogens is 224 g/mol. The Bertz CT molecular complexity index is 225. The molecule has 108 valence electrons. The van der Waals surface area contributed by atoms with Gasteiger partial charge in [0, 0.05) is 25.3 Å². The Kier molecular flexibility index (Phi) is 6.61. The second kappa shape index (κ2) is 7.46. The maximum absolute atomic E-state index is 5.22. The fraction of sp³-hybridized carbons (Fsp3) is 1.00. The zero-order valence-corrected chi connectivity index (χ0v) is 13.0. The second-order valence-corrected chi connectivity index (χ2v) is 6.23. The van der Waals surface area contributed by atoms with Crippen LogP contribution in [0.5, 0.6) is 0 Å². The third-order valence-corrected chi connectivity index (χ3v) is 4.59. The summed E-state index contributed by atoms with van der Waals surface area (Å²) in [6, 6.07) is 0.519. The molecule has 0 aromatic heterocycles. The van der Waals surface area contributed by atoms with Crippen LogP contribution in [0, 0.1) is 5.92 Å². The van der Waals surface area contributed by atoms with Crippen molar-refractivity contribution in [2.75, 3.05) is 33.9 Å². The summed E-state index contributed by atoms with van der Waals surface area (Å²) in [7, 11) is 3.89. The molecule has 0 aromatic rings. The predicted octanol–water partition coefficient (Wildman–Crippen LogP) is 2.51. The fourth-order valence-corrected chi connectivity index (χ4v) is 3.47. The Morgan fingerprint density at radius 3 is 2.33 bits per heavy atom. The average molecular weight is 256 g/mol. The Morgan fingerprint density at radius 2 is 1.83 bits per heavy atom. The van der Waals surface area contributed by atoms with E-state index in [1.54, 1.807) is 7.11 Å². The molecule has 18 heavy (non-hydrogen) atoms. The van der Waals surface area contributed by atoms with Crippen LogP contribution in [-0.2, 0) is 4.74 Å². The van der Waals surface area contributed by atoms with Gasteiger partial charge in [0.15, 0.2) is 0 Å². The number of likely N-dealkylation sites (N-methyl/N-ethyl adjacent to an activating group) is 1. The van der Waals surface area contributed by atoms with Gasteiger partial charge in [-0.15, -0.1) is 0 Å². The summed E-state index contributed by atoms with van der Waals surface area (Å²) in [6.45, 7) is 10.5. The zero-order chi connectivity index (χ0) is 13.6. The van der Waals surface area contributed by atoms with Gasteiger partial charge < -0.3 is 10.1 Å². The summed E-state index contributed by atoms with van der Waals surface area (Å²) in [5.41, 5.74) is 0.225. The van der Waals surface area contributed by atoms with E-state index in [2.05, 4.69) is 38.0 Å². The van der Waals surface area contributed by atoms with Crippen molar-refractivity contribution in [3.05, 3.63) is 0 Å². The molecule has 1 heterocycles. The molecule has 3 nitrogen and oxygen atoms in total. The van der Waals surface area contributed by atoms with Crippen LogP contribution in [0.15, 0.2) is 0 Å². The number of ether oxygens (including phenoxy) is 1. The Labute approximate surface area is 113 Å². The first-order valence-corrected chi connectivity index (χ1v) is 7.45. The molecule has 0 bridgehead atoms. The molecule has 0 radical (unpaired) electrons. The predicted molar refractivity (Wildman–Crippen MR) is 78.0 cm³/mol. The second-order valence-electron chi connectivity index (χ2n) is 6.23. The molecule has 1 rings (SSSR count).